The molecule has 7 heteroatoms. The summed E-state index contributed by atoms with van der Waals surface area (Å²) in [4.78, 5) is 26.3. The van der Waals surface area contributed by atoms with Gasteiger partial charge in [0.1, 0.15) is 5.56 Å². The zero-order chi connectivity index (χ0) is 10.7. The van der Waals surface area contributed by atoms with Gasteiger partial charge in [0.05, 0.1) is 13.3 Å². The van der Waals surface area contributed by atoms with Crippen LogP contribution in [-0.4, -0.2) is 22.6 Å². The normalized spacial score (nSPS) is 9.64. The minimum atomic E-state index is -0.721. The Kier molecular flexibility index (Phi) is 2.82. The first-order chi connectivity index (χ1) is 6.61. The van der Waals surface area contributed by atoms with Crippen molar-refractivity contribution in [2.75, 3.05) is 12.5 Å². The predicted molar refractivity (Wildman–Crippen MR) is 48.6 cm³/mol. The number of nitrogens with zero attached hydrogens (tertiary/aromatic N) is 2. The minimum Gasteiger partial charge on any atom is -0.465 e. The van der Waals surface area contributed by atoms with E-state index in [-0.39, 0.29) is 11.5 Å². The first kappa shape index (κ1) is 10.2. The molecule has 0 saturated heterocycles. The molecule has 0 radical (unpaired) electrons. The van der Waals surface area contributed by atoms with Gasteiger partial charge in [-0.3, -0.25) is 14.8 Å². The molecule has 0 fully saturated rings. The summed E-state index contributed by atoms with van der Waals surface area (Å²) in [5, 5.41) is 0. The van der Waals surface area contributed by atoms with Crippen LogP contribution < -0.4 is 16.8 Å². The third-order valence-electron chi connectivity index (χ3n) is 1.70. The molecule has 0 unspecified atom stereocenters. The Bertz CT molecular complexity index is 412. The first-order valence-electron chi connectivity index (χ1n) is 3.72. The van der Waals surface area contributed by atoms with Crippen molar-refractivity contribution in [2.24, 2.45) is 12.9 Å². The Hall–Kier alpha value is -1.89. The number of anilines is 1. The van der Waals surface area contributed by atoms with E-state index < -0.39 is 11.5 Å². The number of aromatic nitrogens is 2. The van der Waals surface area contributed by atoms with Crippen LogP contribution in [0.2, 0.25) is 0 Å². The second-order valence-corrected chi connectivity index (χ2v) is 2.50. The van der Waals surface area contributed by atoms with E-state index >= 15 is 0 Å². The second kappa shape index (κ2) is 3.88. The van der Waals surface area contributed by atoms with Gasteiger partial charge < -0.3 is 4.74 Å². The van der Waals surface area contributed by atoms with Gasteiger partial charge in [0.15, 0.2) is 0 Å². The summed E-state index contributed by atoms with van der Waals surface area (Å²) in [7, 11) is 2.63. The standard InChI is InChI=1S/C7H10N4O3/c1-11-5(12)4(6(13)14-2)3-9-7(11)10-8/h3H,8H2,1-2H3,(H,9,10). The number of ether oxygens (including phenoxy) is 1. The van der Waals surface area contributed by atoms with Gasteiger partial charge in [-0.1, -0.05) is 0 Å². The number of hydrazine groups is 1. The lowest BCUT2D eigenvalue weighted by molar-refractivity contribution is 0.0597. The average molecular weight is 198 g/mol. The van der Waals surface area contributed by atoms with Gasteiger partial charge in [-0.15, -0.1) is 0 Å². The van der Waals surface area contributed by atoms with Gasteiger partial charge in [-0.2, -0.15) is 0 Å². The lowest BCUT2D eigenvalue weighted by Gasteiger charge is -2.06. The average Bonchev–Trinajstić information content (AvgIpc) is 2.21. The highest BCUT2D eigenvalue weighted by molar-refractivity contribution is 5.88. The van der Waals surface area contributed by atoms with Crippen LogP contribution in [0.1, 0.15) is 10.4 Å². The summed E-state index contributed by atoms with van der Waals surface area (Å²) in [6, 6.07) is 0. The fourth-order valence-electron chi connectivity index (χ4n) is 0.928. The van der Waals surface area contributed by atoms with E-state index in [0.717, 1.165) is 10.8 Å². The van der Waals surface area contributed by atoms with Crippen molar-refractivity contribution in [3.8, 4) is 0 Å². The summed E-state index contributed by atoms with van der Waals surface area (Å²) >= 11 is 0. The monoisotopic (exact) mass is 198 g/mol. The highest BCUT2D eigenvalue weighted by atomic mass is 16.5. The molecule has 0 aliphatic carbocycles. The third kappa shape index (κ3) is 1.57. The maximum Gasteiger partial charge on any atom is 0.345 e. The van der Waals surface area contributed by atoms with Crippen molar-refractivity contribution in [1.29, 1.82) is 0 Å². The van der Waals surface area contributed by atoms with Crippen LogP contribution >= 0.6 is 0 Å². The van der Waals surface area contributed by atoms with Crippen LogP contribution in [0.25, 0.3) is 0 Å². The van der Waals surface area contributed by atoms with E-state index in [2.05, 4.69) is 15.1 Å². The summed E-state index contributed by atoms with van der Waals surface area (Å²) < 4.78 is 5.52. The van der Waals surface area contributed by atoms with Crippen LogP contribution in [0.5, 0.6) is 0 Å². The van der Waals surface area contributed by atoms with Gasteiger partial charge in [-0.25, -0.2) is 15.6 Å². The zero-order valence-electron chi connectivity index (χ0n) is 7.77. The summed E-state index contributed by atoms with van der Waals surface area (Å²) in [6.07, 6.45) is 1.11. The van der Waals surface area contributed by atoms with Crippen LogP contribution in [0.3, 0.4) is 0 Å². The molecule has 0 atom stereocenters. The van der Waals surface area contributed by atoms with E-state index in [4.69, 9.17) is 5.84 Å². The number of hydrogen-bond acceptors (Lipinski definition) is 6. The molecule has 0 spiro atoms. The highest BCUT2D eigenvalue weighted by Gasteiger charge is 2.13. The number of esters is 1. The van der Waals surface area contributed by atoms with Crippen molar-refractivity contribution in [3.05, 3.63) is 22.1 Å². The van der Waals surface area contributed by atoms with E-state index in [0.29, 0.717) is 0 Å². The Balaban J connectivity index is 3.31. The fraction of sp³-hybridized carbons (Fsp3) is 0.286. The molecular formula is C7H10N4O3. The van der Waals surface area contributed by atoms with Crippen LogP contribution in [0.15, 0.2) is 11.0 Å². The van der Waals surface area contributed by atoms with E-state index in [9.17, 15) is 9.59 Å². The number of nitrogen functional groups attached to an aromatic ring is 1. The van der Waals surface area contributed by atoms with E-state index in [1.165, 1.54) is 14.2 Å². The lowest BCUT2D eigenvalue weighted by atomic mass is 10.3. The number of carbonyl (C=O) groups excluding carboxylic acids is 1. The number of rotatable bonds is 2. The van der Waals surface area contributed by atoms with Crippen molar-refractivity contribution < 1.29 is 9.53 Å². The molecule has 76 valence electrons. The van der Waals surface area contributed by atoms with Crippen LogP contribution in [-0.2, 0) is 11.8 Å². The van der Waals surface area contributed by atoms with Gasteiger partial charge in [0.2, 0.25) is 5.95 Å². The van der Waals surface area contributed by atoms with Crippen LogP contribution in [0, 0.1) is 0 Å². The molecule has 1 rings (SSSR count). The highest BCUT2D eigenvalue weighted by Crippen LogP contribution is 1.97. The van der Waals surface area contributed by atoms with Gasteiger partial charge in [0, 0.05) is 7.05 Å². The fourth-order valence-corrected chi connectivity index (χ4v) is 0.928. The molecule has 0 aliphatic heterocycles. The molecule has 1 aromatic rings. The van der Waals surface area contributed by atoms with Crippen LogP contribution in [0.4, 0.5) is 5.95 Å². The lowest BCUT2D eigenvalue weighted by Crippen LogP contribution is -2.29. The minimum absolute atomic E-state index is 0.131. The molecule has 0 bridgehead atoms. The Morgan fingerprint density at radius 1 is 1.71 bits per heavy atom. The molecule has 0 saturated carbocycles. The number of nitrogens with one attached hydrogen (secondary N) is 1. The van der Waals surface area contributed by atoms with Gasteiger partial charge in [-0.05, 0) is 0 Å². The molecule has 1 aromatic heterocycles. The summed E-state index contributed by atoms with van der Waals surface area (Å²) in [6.45, 7) is 0. The Morgan fingerprint density at radius 2 is 2.36 bits per heavy atom. The van der Waals surface area contributed by atoms with Crippen molar-refractivity contribution in [2.45, 2.75) is 0 Å². The molecule has 0 amide bonds. The molecule has 1 heterocycles. The second-order valence-electron chi connectivity index (χ2n) is 2.50. The first-order valence-corrected chi connectivity index (χ1v) is 3.72. The third-order valence-corrected chi connectivity index (χ3v) is 1.70. The summed E-state index contributed by atoms with van der Waals surface area (Å²) in [5.41, 5.74) is 1.58. The zero-order valence-corrected chi connectivity index (χ0v) is 7.77. The quantitative estimate of drug-likeness (QED) is 0.354. The Labute approximate surface area is 79.5 Å². The van der Waals surface area contributed by atoms with Crippen molar-refractivity contribution in [1.82, 2.24) is 9.55 Å². The topological polar surface area (TPSA) is 99.2 Å². The van der Waals surface area contributed by atoms with Gasteiger partial charge in [0.25, 0.3) is 5.56 Å². The number of methoxy groups -OCH3 is 1. The number of hydrogen-bond donors (Lipinski definition) is 2. The smallest absolute Gasteiger partial charge is 0.345 e. The molecular weight excluding hydrogens is 188 g/mol. The number of carbonyl (C=O) groups is 1. The van der Waals surface area contributed by atoms with Crippen molar-refractivity contribution in [3.63, 3.8) is 0 Å². The van der Waals surface area contributed by atoms with Gasteiger partial charge >= 0.3 is 5.97 Å². The maximum absolute atomic E-state index is 11.5. The predicted octanol–water partition coefficient (Wildman–Crippen LogP) is -1.15. The maximum atomic E-state index is 11.5. The molecule has 14 heavy (non-hydrogen) atoms. The molecule has 7 nitrogen and oxygen atoms in total. The van der Waals surface area contributed by atoms with E-state index in [1.54, 1.807) is 0 Å². The van der Waals surface area contributed by atoms with E-state index in [1.807, 2.05) is 0 Å². The molecule has 3 N–H and O–H groups in total. The number of nitrogens with two attached hydrogens (primary N) is 1. The molecule has 0 aliphatic rings. The van der Waals surface area contributed by atoms with Crippen molar-refractivity contribution >= 4 is 11.9 Å². The SMILES string of the molecule is COC(=O)c1cnc(NN)n(C)c1=O. The largest absolute Gasteiger partial charge is 0.465 e. The summed E-state index contributed by atoms with van der Waals surface area (Å²) in [5.74, 6) is 4.54. The molecule has 0 aromatic carbocycles. The Morgan fingerprint density at radius 3 is 2.86 bits per heavy atom.